The fraction of sp³-hybridized carbons (Fsp3) is 0.235. The molecule has 140 valence electrons. The standard InChI is InChI=1S/C17H15ClN4O4S/c18-12-3-5-13(6-4-12)22-15-14(2-1-7-19-15)27(24,25)16(20-22)17(23)21-8-10-26-11-9-21/h1-7H,8-11H2. The molecule has 0 saturated carbocycles. The summed E-state index contributed by atoms with van der Waals surface area (Å²) in [6.45, 7) is 1.35. The summed E-state index contributed by atoms with van der Waals surface area (Å²) in [6, 6.07) is 9.60. The lowest BCUT2D eigenvalue weighted by Gasteiger charge is -2.30. The third-order valence-corrected chi connectivity index (χ3v) is 6.15. The summed E-state index contributed by atoms with van der Waals surface area (Å²) in [5.74, 6) is -0.509. The molecule has 0 radical (unpaired) electrons. The number of anilines is 2. The first kappa shape index (κ1) is 17.9. The van der Waals surface area contributed by atoms with E-state index in [-0.39, 0.29) is 10.7 Å². The summed E-state index contributed by atoms with van der Waals surface area (Å²) in [5.41, 5.74) is 0.543. The van der Waals surface area contributed by atoms with Crippen LogP contribution in [0.15, 0.2) is 52.6 Å². The van der Waals surface area contributed by atoms with Crippen molar-refractivity contribution in [2.75, 3.05) is 31.3 Å². The number of morpholine rings is 1. The van der Waals surface area contributed by atoms with Gasteiger partial charge in [-0.05, 0) is 36.4 Å². The molecule has 0 spiro atoms. The summed E-state index contributed by atoms with van der Waals surface area (Å²) in [7, 11) is -4.09. The van der Waals surface area contributed by atoms with Crippen LogP contribution >= 0.6 is 11.6 Å². The summed E-state index contributed by atoms with van der Waals surface area (Å²) < 4.78 is 31.3. The fourth-order valence-electron chi connectivity index (χ4n) is 2.87. The average molecular weight is 407 g/mol. The maximum Gasteiger partial charge on any atom is 0.286 e. The van der Waals surface area contributed by atoms with E-state index in [4.69, 9.17) is 16.3 Å². The Bertz CT molecular complexity index is 1020. The van der Waals surface area contributed by atoms with Crippen LogP contribution in [0.4, 0.5) is 11.5 Å². The minimum absolute atomic E-state index is 0.0634. The van der Waals surface area contributed by atoms with Crippen molar-refractivity contribution in [3.05, 3.63) is 47.6 Å². The molecule has 0 N–H and O–H groups in total. The Balaban J connectivity index is 1.84. The molecule has 8 nitrogen and oxygen atoms in total. The summed E-state index contributed by atoms with van der Waals surface area (Å²) in [4.78, 5) is 18.4. The highest BCUT2D eigenvalue weighted by Crippen LogP contribution is 2.35. The van der Waals surface area contributed by atoms with E-state index in [2.05, 4.69) is 10.1 Å². The molecule has 3 heterocycles. The van der Waals surface area contributed by atoms with Crippen molar-refractivity contribution in [2.24, 2.45) is 5.10 Å². The number of hydrogen-bond donors (Lipinski definition) is 0. The lowest BCUT2D eigenvalue weighted by atomic mass is 10.3. The van der Waals surface area contributed by atoms with Gasteiger partial charge in [0.2, 0.25) is 14.9 Å². The van der Waals surface area contributed by atoms with Crippen LogP contribution in [-0.4, -0.2) is 55.6 Å². The lowest BCUT2D eigenvalue weighted by Crippen LogP contribution is -2.47. The molecule has 1 saturated heterocycles. The molecule has 2 aliphatic rings. The average Bonchev–Trinajstić information content (AvgIpc) is 2.69. The van der Waals surface area contributed by atoms with Crippen LogP contribution < -0.4 is 5.01 Å². The second-order valence-electron chi connectivity index (χ2n) is 5.93. The number of hydrogen-bond acceptors (Lipinski definition) is 7. The van der Waals surface area contributed by atoms with Gasteiger partial charge in [0.1, 0.15) is 4.90 Å². The molecular formula is C17H15ClN4O4S. The highest BCUT2D eigenvalue weighted by Gasteiger charge is 2.40. The first-order valence-corrected chi connectivity index (χ1v) is 10.1. The Labute approximate surface area is 160 Å². The van der Waals surface area contributed by atoms with Crippen molar-refractivity contribution in [3.8, 4) is 0 Å². The monoisotopic (exact) mass is 406 g/mol. The number of nitrogens with zero attached hydrogens (tertiary/aromatic N) is 4. The summed E-state index contributed by atoms with van der Waals surface area (Å²) in [6.07, 6.45) is 1.47. The van der Waals surface area contributed by atoms with Gasteiger partial charge in [0, 0.05) is 24.3 Å². The molecule has 1 amide bonds. The number of benzene rings is 1. The molecule has 0 atom stereocenters. The van der Waals surface area contributed by atoms with E-state index in [1.807, 2.05) is 0 Å². The van der Waals surface area contributed by atoms with Gasteiger partial charge < -0.3 is 9.64 Å². The number of aromatic nitrogens is 1. The van der Waals surface area contributed by atoms with Crippen LogP contribution in [0.3, 0.4) is 0 Å². The highest BCUT2D eigenvalue weighted by atomic mass is 35.5. The SMILES string of the molecule is O=C(C1=NN(c2ccc(Cl)cc2)c2ncccc2S1(=O)=O)N1CCOCC1. The number of fused-ring (bicyclic) bond motifs is 1. The van der Waals surface area contributed by atoms with E-state index >= 15 is 0 Å². The number of carbonyl (C=O) groups is 1. The smallest absolute Gasteiger partial charge is 0.286 e. The number of halogens is 1. The minimum Gasteiger partial charge on any atom is -0.378 e. The van der Waals surface area contributed by atoms with Crippen molar-refractivity contribution >= 4 is 43.9 Å². The van der Waals surface area contributed by atoms with Gasteiger partial charge >= 0.3 is 0 Å². The first-order chi connectivity index (χ1) is 13.0. The van der Waals surface area contributed by atoms with Gasteiger partial charge in [-0.25, -0.2) is 18.4 Å². The van der Waals surface area contributed by atoms with Gasteiger partial charge in [0.15, 0.2) is 5.82 Å². The largest absolute Gasteiger partial charge is 0.378 e. The second-order valence-corrected chi connectivity index (χ2v) is 8.20. The lowest BCUT2D eigenvalue weighted by molar-refractivity contribution is -0.127. The van der Waals surface area contributed by atoms with Crippen molar-refractivity contribution in [3.63, 3.8) is 0 Å². The molecule has 2 aromatic rings. The van der Waals surface area contributed by atoms with Gasteiger partial charge in [-0.2, -0.15) is 0 Å². The van der Waals surface area contributed by atoms with E-state index in [1.165, 1.54) is 28.2 Å². The molecule has 27 heavy (non-hydrogen) atoms. The molecule has 1 aromatic carbocycles. The zero-order chi connectivity index (χ0) is 19.0. The van der Waals surface area contributed by atoms with Crippen molar-refractivity contribution in [1.82, 2.24) is 9.88 Å². The number of pyridine rings is 1. The van der Waals surface area contributed by atoms with E-state index in [9.17, 15) is 13.2 Å². The third kappa shape index (κ3) is 3.18. The molecular weight excluding hydrogens is 392 g/mol. The van der Waals surface area contributed by atoms with E-state index in [0.717, 1.165) is 0 Å². The zero-order valence-corrected chi connectivity index (χ0v) is 15.7. The number of ether oxygens (including phenoxy) is 1. The fourth-order valence-corrected chi connectivity index (χ4v) is 4.39. The molecule has 2 aliphatic heterocycles. The Hall–Kier alpha value is -2.49. The van der Waals surface area contributed by atoms with Gasteiger partial charge in [0.25, 0.3) is 5.91 Å². The summed E-state index contributed by atoms with van der Waals surface area (Å²) in [5, 5.41) is 5.52. The molecule has 10 heteroatoms. The molecule has 1 fully saturated rings. The quantitative estimate of drug-likeness (QED) is 0.755. The topological polar surface area (TPSA) is 92.2 Å². The van der Waals surface area contributed by atoms with Crippen LogP contribution in [0.2, 0.25) is 5.02 Å². The van der Waals surface area contributed by atoms with Crippen LogP contribution in [0.1, 0.15) is 0 Å². The van der Waals surface area contributed by atoms with Gasteiger partial charge in [0.05, 0.1) is 18.9 Å². The molecule has 0 bridgehead atoms. The normalized spacial score (nSPS) is 18.6. The Morgan fingerprint density at radius 3 is 2.52 bits per heavy atom. The third-order valence-electron chi connectivity index (χ3n) is 4.24. The summed E-state index contributed by atoms with van der Waals surface area (Å²) >= 11 is 5.94. The molecule has 0 unspecified atom stereocenters. The molecule has 0 aliphatic carbocycles. The second kappa shape index (κ2) is 6.91. The zero-order valence-electron chi connectivity index (χ0n) is 14.1. The van der Waals surface area contributed by atoms with E-state index < -0.39 is 20.8 Å². The van der Waals surface area contributed by atoms with Crippen LogP contribution in [-0.2, 0) is 19.4 Å². The van der Waals surface area contributed by atoms with E-state index in [1.54, 1.807) is 24.3 Å². The number of hydrazone groups is 1. The Morgan fingerprint density at radius 1 is 1.11 bits per heavy atom. The molecule has 1 aromatic heterocycles. The molecule has 4 rings (SSSR count). The van der Waals surface area contributed by atoms with Gasteiger partial charge in [-0.3, -0.25) is 4.79 Å². The van der Waals surface area contributed by atoms with Crippen LogP contribution in [0.25, 0.3) is 0 Å². The first-order valence-electron chi connectivity index (χ1n) is 8.20. The minimum atomic E-state index is -4.09. The van der Waals surface area contributed by atoms with Crippen molar-refractivity contribution in [1.29, 1.82) is 0 Å². The maximum atomic E-state index is 13.0. The Kier molecular flexibility index (Phi) is 4.58. The van der Waals surface area contributed by atoms with Gasteiger partial charge in [-0.1, -0.05) is 11.6 Å². The highest BCUT2D eigenvalue weighted by molar-refractivity contribution is 8.08. The van der Waals surface area contributed by atoms with Gasteiger partial charge in [-0.15, -0.1) is 5.10 Å². The Morgan fingerprint density at radius 2 is 1.81 bits per heavy atom. The maximum absolute atomic E-state index is 13.0. The predicted molar refractivity (Wildman–Crippen MR) is 99.8 cm³/mol. The van der Waals surface area contributed by atoms with Crippen LogP contribution in [0.5, 0.6) is 0 Å². The van der Waals surface area contributed by atoms with E-state index in [0.29, 0.717) is 37.0 Å². The number of sulfone groups is 1. The van der Waals surface area contributed by atoms with Crippen molar-refractivity contribution in [2.45, 2.75) is 4.90 Å². The number of amides is 1. The predicted octanol–water partition coefficient (Wildman–Crippen LogP) is 1.83. The number of carbonyl (C=O) groups excluding carboxylic acids is 1. The van der Waals surface area contributed by atoms with Crippen LogP contribution in [0, 0.1) is 0 Å². The van der Waals surface area contributed by atoms with Crippen molar-refractivity contribution < 1.29 is 17.9 Å². The number of rotatable bonds is 2.